The van der Waals surface area contributed by atoms with Gasteiger partial charge in [-0.05, 0) is 49.4 Å². The average Bonchev–Trinajstić information content (AvgIpc) is 2.83. The normalized spacial score (nSPS) is 10.7. The first-order chi connectivity index (χ1) is 16.5. The van der Waals surface area contributed by atoms with E-state index in [1.165, 1.54) is 12.3 Å². The number of hydrazone groups is 1. The highest BCUT2D eigenvalue weighted by Crippen LogP contribution is 2.28. The van der Waals surface area contributed by atoms with Crippen molar-refractivity contribution in [1.29, 1.82) is 0 Å². The fraction of sp³-hybridized carbons (Fsp3) is 0.154. The van der Waals surface area contributed by atoms with Gasteiger partial charge in [-0.3, -0.25) is 4.79 Å². The summed E-state index contributed by atoms with van der Waals surface area (Å²) < 4.78 is 30.7. The fourth-order valence-corrected chi connectivity index (χ4v) is 3.11. The molecule has 0 heterocycles. The Labute approximate surface area is 202 Å². The first kappa shape index (κ1) is 24.8. The van der Waals surface area contributed by atoms with Crippen molar-refractivity contribution in [3.63, 3.8) is 0 Å². The van der Waals surface area contributed by atoms with E-state index in [-0.39, 0.29) is 12.4 Å². The molecule has 0 radical (unpaired) electrons. The van der Waals surface area contributed by atoms with Gasteiger partial charge in [0.1, 0.15) is 24.8 Å². The molecule has 3 aromatic rings. The minimum absolute atomic E-state index is 0.0297. The molecule has 0 bridgehead atoms. The predicted octanol–water partition coefficient (Wildman–Crippen LogP) is 5.79. The van der Waals surface area contributed by atoms with Crippen LogP contribution < -0.4 is 19.6 Å². The van der Waals surface area contributed by atoms with E-state index >= 15 is 0 Å². The fourth-order valence-electron chi connectivity index (χ4n) is 2.93. The Morgan fingerprint density at radius 3 is 2.62 bits per heavy atom. The molecule has 0 atom stereocenters. The second kappa shape index (κ2) is 12.4. The van der Waals surface area contributed by atoms with Crippen LogP contribution in [0.3, 0.4) is 0 Å². The summed E-state index contributed by atoms with van der Waals surface area (Å²) in [6, 6.07) is 16.1. The van der Waals surface area contributed by atoms with Gasteiger partial charge in [-0.25, -0.2) is 9.82 Å². The molecule has 3 rings (SSSR count). The third-order valence-corrected chi connectivity index (χ3v) is 4.78. The van der Waals surface area contributed by atoms with Crippen molar-refractivity contribution in [2.45, 2.75) is 13.5 Å². The molecule has 8 heteroatoms. The van der Waals surface area contributed by atoms with Gasteiger partial charge < -0.3 is 14.2 Å². The van der Waals surface area contributed by atoms with E-state index in [4.69, 9.17) is 25.8 Å². The second-order valence-corrected chi connectivity index (χ2v) is 7.39. The number of ether oxygens (including phenoxy) is 3. The zero-order valence-electron chi connectivity index (χ0n) is 18.6. The van der Waals surface area contributed by atoms with E-state index < -0.39 is 5.91 Å². The lowest BCUT2D eigenvalue weighted by Gasteiger charge is -2.12. The highest BCUT2D eigenvalue weighted by Gasteiger charge is 2.12. The lowest BCUT2D eigenvalue weighted by molar-refractivity contribution is 0.0954. The van der Waals surface area contributed by atoms with Gasteiger partial charge in [0.15, 0.2) is 11.5 Å². The van der Waals surface area contributed by atoms with Crippen LogP contribution in [0.25, 0.3) is 0 Å². The number of hydrogen-bond acceptors (Lipinski definition) is 5. The van der Waals surface area contributed by atoms with E-state index in [0.717, 1.165) is 0 Å². The molecular weight excluding hydrogens is 459 g/mol. The first-order valence-electron chi connectivity index (χ1n) is 10.5. The molecule has 0 aliphatic heterocycles. The number of amides is 1. The number of carbonyl (C=O) groups is 1. The third-order valence-electron chi connectivity index (χ3n) is 4.55. The number of carbonyl (C=O) groups excluding carboxylic acids is 1. The predicted molar refractivity (Wildman–Crippen MR) is 131 cm³/mol. The molecule has 0 aliphatic rings. The van der Waals surface area contributed by atoms with Crippen molar-refractivity contribution in [1.82, 2.24) is 5.43 Å². The maximum Gasteiger partial charge on any atom is 0.271 e. The van der Waals surface area contributed by atoms with E-state index in [2.05, 4.69) is 17.1 Å². The molecule has 0 unspecified atom stereocenters. The highest BCUT2D eigenvalue weighted by atomic mass is 35.5. The Kier molecular flexibility index (Phi) is 9.05. The monoisotopic (exact) mass is 482 g/mol. The molecule has 34 heavy (non-hydrogen) atoms. The highest BCUT2D eigenvalue weighted by molar-refractivity contribution is 6.30. The van der Waals surface area contributed by atoms with Crippen molar-refractivity contribution >= 4 is 23.7 Å². The summed E-state index contributed by atoms with van der Waals surface area (Å²) in [6.45, 7) is 6.22. The minimum atomic E-state index is -0.441. The average molecular weight is 483 g/mol. The van der Waals surface area contributed by atoms with Crippen LogP contribution in [0.2, 0.25) is 5.02 Å². The molecule has 1 amide bonds. The minimum Gasteiger partial charge on any atom is -0.490 e. The number of halogens is 2. The molecule has 0 saturated heterocycles. The zero-order chi connectivity index (χ0) is 24.3. The van der Waals surface area contributed by atoms with Gasteiger partial charge in [-0.1, -0.05) is 42.5 Å². The lowest BCUT2D eigenvalue weighted by atomic mass is 10.2. The number of rotatable bonds is 11. The number of benzene rings is 3. The molecule has 0 aromatic heterocycles. The molecule has 0 aliphatic carbocycles. The first-order valence-corrected chi connectivity index (χ1v) is 10.9. The summed E-state index contributed by atoms with van der Waals surface area (Å²) in [7, 11) is 0. The summed E-state index contributed by atoms with van der Waals surface area (Å²) in [4.78, 5) is 12.6. The van der Waals surface area contributed by atoms with E-state index in [9.17, 15) is 9.18 Å². The molecule has 176 valence electrons. The smallest absolute Gasteiger partial charge is 0.271 e. The van der Waals surface area contributed by atoms with Crippen molar-refractivity contribution in [2.24, 2.45) is 5.10 Å². The van der Waals surface area contributed by atoms with Gasteiger partial charge >= 0.3 is 0 Å². The van der Waals surface area contributed by atoms with Crippen LogP contribution in [-0.2, 0) is 6.61 Å². The molecule has 0 saturated carbocycles. The molecule has 3 aromatic carbocycles. The maximum atomic E-state index is 13.9. The molecular formula is C26H24ClFN2O4. The van der Waals surface area contributed by atoms with E-state index in [0.29, 0.717) is 52.2 Å². The van der Waals surface area contributed by atoms with Crippen molar-refractivity contribution in [2.75, 3.05) is 13.2 Å². The van der Waals surface area contributed by atoms with Gasteiger partial charge in [0.2, 0.25) is 0 Å². The number of hydrogen-bond donors (Lipinski definition) is 1. The summed E-state index contributed by atoms with van der Waals surface area (Å²) >= 11 is 6.10. The molecule has 1 N–H and O–H groups in total. The van der Waals surface area contributed by atoms with Crippen LogP contribution in [0.1, 0.15) is 28.4 Å². The Morgan fingerprint density at radius 2 is 1.85 bits per heavy atom. The molecule has 0 fully saturated rings. The SMILES string of the molecule is C=CCOc1ccc(C(=O)N/N=C/c2cc(Cl)ccc2OCc2ccccc2F)cc1OCC. The van der Waals surface area contributed by atoms with Crippen LogP contribution >= 0.6 is 11.6 Å². The largest absolute Gasteiger partial charge is 0.490 e. The van der Waals surface area contributed by atoms with Gasteiger partial charge in [-0.2, -0.15) is 5.10 Å². The van der Waals surface area contributed by atoms with Crippen LogP contribution in [0, 0.1) is 5.82 Å². The standard InChI is InChI=1S/C26H24ClFN2O4/c1-3-13-33-24-11-9-18(15-25(24)32-4-2)26(31)30-29-16-20-14-21(27)10-12-23(20)34-17-19-7-5-6-8-22(19)28/h3,5-12,14-16H,1,4,13,17H2,2H3,(H,30,31)/b29-16+. The maximum absolute atomic E-state index is 13.9. The third kappa shape index (κ3) is 6.83. The Balaban J connectivity index is 1.70. The zero-order valence-corrected chi connectivity index (χ0v) is 19.3. The van der Waals surface area contributed by atoms with Crippen molar-refractivity contribution in [3.05, 3.63) is 101 Å². The Morgan fingerprint density at radius 1 is 1.06 bits per heavy atom. The van der Waals surface area contributed by atoms with E-state index in [1.54, 1.807) is 60.7 Å². The van der Waals surface area contributed by atoms with Gasteiger partial charge in [0, 0.05) is 21.7 Å². The summed E-state index contributed by atoms with van der Waals surface area (Å²) in [5.41, 5.74) is 3.75. The van der Waals surface area contributed by atoms with Crippen LogP contribution in [-0.4, -0.2) is 25.3 Å². The van der Waals surface area contributed by atoms with Crippen LogP contribution in [0.15, 0.2) is 78.4 Å². The van der Waals surface area contributed by atoms with Gasteiger partial charge in [0.25, 0.3) is 5.91 Å². The molecule has 0 spiro atoms. The summed E-state index contributed by atoms with van der Waals surface area (Å²) in [6.07, 6.45) is 3.03. The lowest BCUT2D eigenvalue weighted by Crippen LogP contribution is -2.18. The van der Waals surface area contributed by atoms with Crippen molar-refractivity contribution < 1.29 is 23.4 Å². The Hall–Kier alpha value is -3.84. The quantitative estimate of drug-likeness (QED) is 0.213. The van der Waals surface area contributed by atoms with Crippen LogP contribution in [0.5, 0.6) is 17.2 Å². The number of nitrogens with one attached hydrogen (secondary N) is 1. The second-order valence-electron chi connectivity index (χ2n) is 6.96. The van der Waals surface area contributed by atoms with Crippen LogP contribution in [0.4, 0.5) is 4.39 Å². The topological polar surface area (TPSA) is 69.2 Å². The summed E-state index contributed by atoms with van der Waals surface area (Å²) in [5, 5.41) is 4.48. The van der Waals surface area contributed by atoms with Gasteiger partial charge in [-0.15, -0.1) is 0 Å². The van der Waals surface area contributed by atoms with E-state index in [1.807, 2.05) is 6.92 Å². The van der Waals surface area contributed by atoms with Gasteiger partial charge in [0.05, 0.1) is 12.8 Å². The number of nitrogens with zero attached hydrogens (tertiary/aromatic N) is 1. The molecule has 6 nitrogen and oxygen atoms in total. The Bertz CT molecular complexity index is 1180. The van der Waals surface area contributed by atoms with Crippen molar-refractivity contribution in [3.8, 4) is 17.2 Å². The summed E-state index contributed by atoms with van der Waals surface area (Å²) in [5.74, 6) is 0.597.